The number of likely N-dealkylation sites (tertiary alicyclic amines) is 1. The third kappa shape index (κ3) is 7.04. The van der Waals surface area contributed by atoms with Crippen molar-refractivity contribution in [3.63, 3.8) is 0 Å². The highest BCUT2D eigenvalue weighted by Crippen LogP contribution is 2.24. The molecule has 35 heavy (non-hydrogen) atoms. The average molecular weight is 479 g/mol. The van der Waals surface area contributed by atoms with Crippen molar-refractivity contribution in [2.75, 3.05) is 25.0 Å². The van der Waals surface area contributed by atoms with Crippen molar-refractivity contribution in [1.82, 2.24) is 15.2 Å². The van der Waals surface area contributed by atoms with Crippen LogP contribution in [0.5, 0.6) is 0 Å². The van der Waals surface area contributed by atoms with Gasteiger partial charge in [0, 0.05) is 50.1 Å². The second-order valence-corrected chi connectivity index (χ2v) is 9.50. The molecule has 2 aromatic rings. The molecule has 3 heterocycles. The number of pyridine rings is 1. The summed E-state index contributed by atoms with van der Waals surface area (Å²) in [5.41, 5.74) is 3.11. The van der Waals surface area contributed by atoms with E-state index in [1.54, 1.807) is 0 Å². The zero-order valence-corrected chi connectivity index (χ0v) is 20.0. The zero-order chi connectivity index (χ0) is 24.6. The van der Waals surface area contributed by atoms with Crippen molar-refractivity contribution in [3.05, 3.63) is 59.3 Å². The van der Waals surface area contributed by atoms with Crippen LogP contribution in [0, 0.1) is 0 Å². The van der Waals surface area contributed by atoms with Crippen LogP contribution in [0.2, 0.25) is 0 Å². The Morgan fingerprint density at radius 3 is 2.77 bits per heavy atom. The van der Waals surface area contributed by atoms with E-state index < -0.39 is 5.97 Å². The number of aliphatic carboxylic acids is 1. The molecule has 1 fully saturated rings. The largest absolute Gasteiger partial charge is 0.481 e. The summed E-state index contributed by atoms with van der Waals surface area (Å²) in [5, 5.41) is 15.6. The van der Waals surface area contributed by atoms with Gasteiger partial charge in [-0.3, -0.25) is 14.4 Å². The number of nitrogens with zero attached hydrogens (tertiary/aromatic N) is 2. The minimum absolute atomic E-state index is 0.0954. The summed E-state index contributed by atoms with van der Waals surface area (Å²) in [7, 11) is 0. The molecule has 2 aliphatic rings. The number of anilines is 1. The summed E-state index contributed by atoms with van der Waals surface area (Å²) in [6, 6.07) is 13.4. The summed E-state index contributed by atoms with van der Waals surface area (Å²) in [6.45, 7) is 2.09. The van der Waals surface area contributed by atoms with Crippen LogP contribution in [0.15, 0.2) is 42.5 Å². The average Bonchev–Trinajstić information content (AvgIpc) is 3.32. The molecule has 2 atom stereocenters. The molecule has 8 nitrogen and oxygen atoms in total. The molecule has 4 rings (SSSR count). The summed E-state index contributed by atoms with van der Waals surface area (Å²) in [5.74, 6) is -0.389. The van der Waals surface area contributed by atoms with Crippen LogP contribution in [0.1, 0.15) is 61.3 Å². The van der Waals surface area contributed by atoms with E-state index in [-0.39, 0.29) is 36.6 Å². The summed E-state index contributed by atoms with van der Waals surface area (Å²) in [4.78, 5) is 43.1. The molecule has 0 bridgehead atoms. The van der Waals surface area contributed by atoms with E-state index in [1.165, 1.54) is 5.56 Å². The smallest absolute Gasteiger partial charge is 0.303 e. The molecule has 0 unspecified atom stereocenters. The summed E-state index contributed by atoms with van der Waals surface area (Å²) >= 11 is 0. The number of carbonyl (C=O) groups excluding carboxylic acids is 2. The molecule has 0 aliphatic carbocycles. The number of aryl methyl sites for hydroxylation is 2. The number of rotatable bonds is 10. The van der Waals surface area contributed by atoms with Gasteiger partial charge in [0.15, 0.2) is 0 Å². The van der Waals surface area contributed by atoms with E-state index in [1.807, 2.05) is 35.2 Å². The van der Waals surface area contributed by atoms with Crippen LogP contribution < -0.4 is 10.6 Å². The molecule has 0 spiro atoms. The lowest BCUT2D eigenvalue weighted by molar-refractivity contribution is -0.137. The van der Waals surface area contributed by atoms with Crippen molar-refractivity contribution in [2.24, 2.45) is 0 Å². The first-order valence-corrected chi connectivity index (χ1v) is 12.5. The number of carboxylic acids is 1. The molecule has 1 aromatic heterocycles. The van der Waals surface area contributed by atoms with Gasteiger partial charge in [-0.15, -0.1) is 0 Å². The van der Waals surface area contributed by atoms with Gasteiger partial charge in [0.25, 0.3) is 0 Å². The molecule has 1 saturated heterocycles. The number of amides is 2. The Bertz CT molecular complexity index is 1040. The number of fused-ring (bicyclic) bond motifs is 1. The first-order chi connectivity index (χ1) is 17.0. The Kier molecular flexibility index (Phi) is 8.34. The van der Waals surface area contributed by atoms with Gasteiger partial charge in [0.05, 0.1) is 6.42 Å². The minimum Gasteiger partial charge on any atom is -0.481 e. The fraction of sp³-hybridized carbons (Fsp3) is 0.481. The lowest BCUT2D eigenvalue weighted by Crippen LogP contribution is -2.39. The Balaban J connectivity index is 1.20. The van der Waals surface area contributed by atoms with E-state index >= 15 is 0 Å². The predicted octanol–water partition coefficient (Wildman–Crippen LogP) is 3.13. The van der Waals surface area contributed by atoms with E-state index in [0.717, 1.165) is 49.3 Å². The zero-order valence-electron chi connectivity index (χ0n) is 20.0. The normalized spacial score (nSPS) is 17.8. The molecule has 0 saturated carbocycles. The van der Waals surface area contributed by atoms with Crippen LogP contribution in [-0.4, -0.2) is 58.5 Å². The van der Waals surface area contributed by atoms with Gasteiger partial charge in [-0.25, -0.2) is 4.98 Å². The van der Waals surface area contributed by atoms with E-state index in [9.17, 15) is 19.5 Å². The highest BCUT2D eigenvalue weighted by atomic mass is 16.4. The standard InChI is InChI=1S/C27H34N4O4/c32-24(16-21(17-26(34)35)19-6-2-1-3-7-19)29-23-13-15-31(18-23)25(33)10-4-9-22-12-11-20-8-5-14-28-27(20)30-22/h1-3,6-7,11-12,21,23H,4-5,8-10,13-18H2,(H,28,30)(H,29,32)(H,34,35)/t21-,23-/m0/s1. The lowest BCUT2D eigenvalue weighted by atomic mass is 9.92. The molecule has 0 radical (unpaired) electrons. The SMILES string of the molecule is O=C(O)C[C@H](CC(=O)N[C@H]1CCN(C(=O)CCCc2ccc3c(n2)NCCC3)C1)c1ccccc1. The van der Waals surface area contributed by atoms with Gasteiger partial charge in [0.1, 0.15) is 5.82 Å². The van der Waals surface area contributed by atoms with E-state index in [4.69, 9.17) is 4.98 Å². The topological polar surface area (TPSA) is 112 Å². The van der Waals surface area contributed by atoms with Crippen molar-refractivity contribution in [2.45, 2.75) is 63.3 Å². The second kappa shape index (κ2) is 11.8. The van der Waals surface area contributed by atoms with Crippen LogP contribution in [0.25, 0.3) is 0 Å². The highest BCUT2D eigenvalue weighted by Gasteiger charge is 2.28. The molecule has 2 amide bonds. The van der Waals surface area contributed by atoms with Crippen LogP contribution >= 0.6 is 0 Å². The van der Waals surface area contributed by atoms with Crippen molar-refractivity contribution in [3.8, 4) is 0 Å². The van der Waals surface area contributed by atoms with Crippen LogP contribution in [0.3, 0.4) is 0 Å². The maximum absolute atomic E-state index is 12.7. The Hall–Kier alpha value is -3.42. The molecule has 1 aromatic carbocycles. The van der Waals surface area contributed by atoms with Crippen LogP contribution in [0.4, 0.5) is 5.82 Å². The number of nitrogens with one attached hydrogen (secondary N) is 2. The Morgan fingerprint density at radius 2 is 1.97 bits per heavy atom. The highest BCUT2D eigenvalue weighted by molar-refractivity contribution is 5.79. The van der Waals surface area contributed by atoms with Crippen LogP contribution in [-0.2, 0) is 27.2 Å². The Labute approximate surface area is 206 Å². The molecule has 186 valence electrons. The number of benzene rings is 1. The van der Waals surface area contributed by atoms with Gasteiger partial charge in [-0.2, -0.15) is 0 Å². The maximum Gasteiger partial charge on any atom is 0.303 e. The summed E-state index contributed by atoms with van der Waals surface area (Å²) in [6.07, 6.45) is 4.89. The van der Waals surface area contributed by atoms with Gasteiger partial charge in [0.2, 0.25) is 11.8 Å². The third-order valence-electron chi connectivity index (χ3n) is 6.81. The van der Waals surface area contributed by atoms with Crippen molar-refractivity contribution in [1.29, 1.82) is 0 Å². The number of carbonyl (C=O) groups is 3. The monoisotopic (exact) mass is 478 g/mol. The fourth-order valence-corrected chi connectivity index (χ4v) is 4.95. The molecule has 8 heteroatoms. The number of aromatic nitrogens is 1. The number of hydrogen-bond acceptors (Lipinski definition) is 5. The first kappa shape index (κ1) is 24.7. The Morgan fingerprint density at radius 1 is 1.14 bits per heavy atom. The second-order valence-electron chi connectivity index (χ2n) is 9.50. The number of carboxylic acid groups (broad SMARTS) is 1. The molecular weight excluding hydrogens is 444 g/mol. The fourth-order valence-electron chi connectivity index (χ4n) is 4.95. The van der Waals surface area contributed by atoms with Gasteiger partial charge < -0.3 is 20.6 Å². The molecule has 3 N–H and O–H groups in total. The van der Waals surface area contributed by atoms with Crippen molar-refractivity contribution >= 4 is 23.6 Å². The predicted molar refractivity (Wildman–Crippen MR) is 133 cm³/mol. The van der Waals surface area contributed by atoms with E-state index in [0.29, 0.717) is 25.9 Å². The molecule has 2 aliphatic heterocycles. The van der Waals surface area contributed by atoms with E-state index in [2.05, 4.69) is 22.8 Å². The lowest BCUT2D eigenvalue weighted by Gasteiger charge is -2.19. The van der Waals surface area contributed by atoms with Crippen molar-refractivity contribution < 1.29 is 19.5 Å². The van der Waals surface area contributed by atoms with Gasteiger partial charge in [-0.05, 0) is 49.3 Å². The van der Waals surface area contributed by atoms with Gasteiger partial charge >= 0.3 is 5.97 Å². The maximum atomic E-state index is 12.7. The summed E-state index contributed by atoms with van der Waals surface area (Å²) < 4.78 is 0. The quantitative estimate of drug-likeness (QED) is 0.484. The molecular formula is C27H34N4O4. The number of hydrogen-bond donors (Lipinski definition) is 3. The third-order valence-corrected chi connectivity index (χ3v) is 6.81. The first-order valence-electron chi connectivity index (χ1n) is 12.5. The minimum atomic E-state index is -0.925. The van der Waals surface area contributed by atoms with Gasteiger partial charge in [-0.1, -0.05) is 36.4 Å².